The maximum Gasteiger partial charge on any atom is 0.0568 e. The summed E-state index contributed by atoms with van der Waals surface area (Å²) in [6, 6.07) is 6.61. The molecule has 1 unspecified atom stereocenters. The molecule has 1 aliphatic heterocycles. The van der Waals surface area contributed by atoms with Crippen LogP contribution in [-0.4, -0.2) is 34.6 Å². The summed E-state index contributed by atoms with van der Waals surface area (Å²) in [5.41, 5.74) is 4.99. The normalized spacial score (nSPS) is 15.8. The molecule has 1 aromatic carbocycles. The van der Waals surface area contributed by atoms with Gasteiger partial charge in [-0.3, -0.25) is 4.68 Å². The lowest BCUT2D eigenvalue weighted by Crippen LogP contribution is -2.36. The Morgan fingerprint density at radius 2 is 1.75 bits per heavy atom. The highest BCUT2D eigenvalue weighted by Gasteiger charge is 2.23. The monoisotopic (exact) mass is 385 g/mol. The van der Waals surface area contributed by atoms with Crippen LogP contribution in [0.15, 0.2) is 30.6 Å². The Balaban J connectivity index is 0.000000300. The largest absolute Gasteiger partial charge is 0.396 e. The van der Waals surface area contributed by atoms with Crippen LogP contribution < -0.4 is 4.90 Å². The Bertz CT molecular complexity index is 689. The van der Waals surface area contributed by atoms with Gasteiger partial charge in [0.15, 0.2) is 0 Å². The second-order valence-corrected chi connectivity index (χ2v) is 7.95. The molecule has 1 N–H and O–H groups in total. The quantitative estimate of drug-likeness (QED) is 0.615. The summed E-state index contributed by atoms with van der Waals surface area (Å²) in [5.74, 6) is 0.339. The van der Waals surface area contributed by atoms with Crippen LogP contribution in [0.2, 0.25) is 0 Å². The number of anilines is 1. The van der Waals surface area contributed by atoms with Gasteiger partial charge >= 0.3 is 0 Å². The molecule has 2 aromatic rings. The molecule has 0 saturated carbocycles. The van der Waals surface area contributed by atoms with Crippen molar-refractivity contribution in [3.63, 3.8) is 0 Å². The number of nitrogens with zero attached hydrogens (tertiary/aromatic N) is 3. The van der Waals surface area contributed by atoms with Crippen molar-refractivity contribution < 1.29 is 5.11 Å². The molecule has 0 spiro atoms. The zero-order valence-corrected chi connectivity index (χ0v) is 18.3. The van der Waals surface area contributed by atoms with Crippen molar-refractivity contribution in [3.8, 4) is 11.1 Å². The highest BCUT2D eigenvalue weighted by Crippen LogP contribution is 2.33. The Kier molecular flexibility index (Phi) is 9.56. The van der Waals surface area contributed by atoms with E-state index in [-0.39, 0.29) is 6.61 Å². The van der Waals surface area contributed by atoms with Gasteiger partial charge < -0.3 is 10.0 Å². The molecule has 28 heavy (non-hydrogen) atoms. The summed E-state index contributed by atoms with van der Waals surface area (Å²) in [4.78, 5) is 2.35. The minimum Gasteiger partial charge on any atom is -0.396 e. The average Bonchev–Trinajstić information content (AvgIpc) is 3.16. The predicted molar refractivity (Wildman–Crippen MR) is 120 cm³/mol. The second kappa shape index (κ2) is 11.9. The number of rotatable bonds is 8. The van der Waals surface area contributed by atoms with Crippen molar-refractivity contribution in [3.05, 3.63) is 36.2 Å². The summed E-state index contributed by atoms with van der Waals surface area (Å²) in [6.45, 7) is 8.87. The maximum atomic E-state index is 9.48. The fourth-order valence-electron chi connectivity index (χ4n) is 3.87. The first-order valence-corrected chi connectivity index (χ1v) is 11.1. The van der Waals surface area contributed by atoms with Crippen LogP contribution in [-0.2, 0) is 13.5 Å². The van der Waals surface area contributed by atoms with Crippen molar-refractivity contribution in [2.24, 2.45) is 13.0 Å². The molecule has 3 rings (SSSR count). The van der Waals surface area contributed by atoms with Gasteiger partial charge in [-0.2, -0.15) is 5.10 Å². The van der Waals surface area contributed by atoms with Gasteiger partial charge in [0.1, 0.15) is 0 Å². The zero-order valence-electron chi connectivity index (χ0n) is 18.3. The summed E-state index contributed by atoms with van der Waals surface area (Å²) in [6.07, 6.45) is 13.4. The molecule has 156 valence electrons. The van der Waals surface area contributed by atoms with Gasteiger partial charge in [0, 0.05) is 50.1 Å². The molecule has 0 amide bonds. The van der Waals surface area contributed by atoms with Crippen LogP contribution in [0.25, 0.3) is 11.1 Å². The Morgan fingerprint density at radius 1 is 1.04 bits per heavy atom. The number of hydrogen-bond donors (Lipinski definition) is 1. The van der Waals surface area contributed by atoms with E-state index in [9.17, 15) is 5.11 Å². The summed E-state index contributed by atoms with van der Waals surface area (Å²) >= 11 is 0. The van der Waals surface area contributed by atoms with E-state index in [4.69, 9.17) is 0 Å². The molecular formula is C24H39N3O. The number of aliphatic hydroxyl groups is 1. The molecule has 4 nitrogen and oxygen atoms in total. The van der Waals surface area contributed by atoms with Gasteiger partial charge in [-0.1, -0.05) is 58.4 Å². The third-order valence-corrected chi connectivity index (χ3v) is 5.54. The molecule has 0 aliphatic carbocycles. The van der Waals surface area contributed by atoms with E-state index in [2.05, 4.69) is 49.0 Å². The van der Waals surface area contributed by atoms with Crippen molar-refractivity contribution in [1.29, 1.82) is 0 Å². The lowest BCUT2D eigenvalue weighted by molar-refractivity contribution is 0.224. The fourth-order valence-corrected chi connectivity index (χ4v) is 3.87. The Labute approximate surface area is 171 Å². The molecule has 0 fully saturated rings. The lowest BCUT2D eigenvalue weighted by Gasteiger charge is -2.35. The van der Waals surface area contributed by atoms with E-state index in [0.29, 0.717) is 5.92 Å². The van der Waals surface area contributed by atoms with E-state index in [1.165, 1.54) is 55.3 Å². The number of unbranched alkanes of at least 4 members (excludes halogenated alkanes) is 5. The number of aliphatic hydroxyl groups excluding tert-OH is 1. The Hall–Kier alpha value is -1.81. The summed E-state index contributed by atoms with van der Waals surface area (Å²) in [7, 11) is 1.93. The number of aryl methyl sites for hydroxylation is 1. The van der Waals surface area contributed by atoms with Crippen molar-refractivity contribution >= 4 is 5.69 Å². The van der Waals surface area contributed by atoms with Gasteiger partial charge in [-0.25, -0.2) is 0 Å². The molecule has 1 aliphatic rings. The second-order valence-electron chi connectivity index (χ2n) is 7.95. The van der Waals surface area contributed by atoms with E-state index in [1.54, 1.807) is 0 Å². The molecule has 2 heterocycles. The third-order valence-electron chi connectivity index (χ3n) is 5.54. The minimum absolute atomic E-state index is 0.257. The maximum absolute atomic E-state index is 9.48. The number of fused-ring (bicyclic) bond motifs is 1. The standard InChI is InChI=1S/C16H21N3O.C8H18/c1-3-19-9-12(11-20)6-14-7-13(4-5-16(14)19)15-8-17-18(2)10-15;1-3-5-7-8-6-4-2/h4-5,7-8,10,12,20H,3,6,9,11H2,1-2H3;3-8H2,1-2H3. The van der Waals surface area contributed by atoms with E-state index < -0.39 is 0 Å². The lowest BCUT2D eigenvalue weighted by atomic mass is 9.91. The molecule has 1 atom stereocenters. The van der Waals surface area contributed by atoms with Gasteiger partial charge in [0.05, 0.1) is 6.20 Å². The zero-order chi connectivity index (χ0) is 20.4. The SMILES string of the molecule is CCCCCCCC.CCN1CC(CO)Cc2cc(-c3cnn(C)c3)ccc21. The Morgan fingerprint density at radius 3 is 2.29 bits per heavy atom. The van der Waals surface area contributed by atoms with Gasteiger partial charge in [0.2, 0.25) is 0 Å². The molecule has 4 heteroatoms. The minimum atomic E-state index is 0.257. The third kappa shape index (κ3) is 6.37. The summed E-state index contributed by atoms with van der Waals surface area (Å²) in [5, 5.41) is 13.7. The average molecular weight is 386 g/mol. The highest BCUT2D eigenvalue weighted by molar-refractivity contribution is 5.69. The molecule has 1 aromatic heterocycles. The molecular weight excluding hydrogens is 346 g/mol. The van der Waals surface area contributed by atoms with Crippen LogP contribution in [0.5, 0.6) is 0 Å². The number of aromatic nitrogens is 2. The van der Waals surface area contributed by atoms with Crippen LogP contribution in [0.1, 0.15) is 64.9 Å². The first-order valence-electron chi connectivity index (χ1n) is 11.1. The topological polar surface area (TPSA) is 41.3 Å². The van der Waals surface area contributed by atoms with E-state index in [1.807, 2.05) is 24.1 Å². The van der Waals surface area contributed by atoms with E-state index >= 15 is 0 Å². The van der Waals surface area contributed by atoms with Gasteiger partial charge in [-0.05, 0) is 36.6 Å². The first kappa shape index (κ1) is 22.5. The first-order chi connectivity index (χ1) is 13.6. The summed E-state index contributed by atoms with van der Waals surface area (Å²) < 4.78 is 1.82. The van der Waals surface area contributed by atoms with Crippen molar-refractivity contribution in [1.82, 2.24) is 9.78 Å². The molecule has 0 saturated heterocycles. The smallest absolute Gasteiger partial charge is 0.0568 e. The molecule has 0 bridgehead atoms. The van der Waals surface area contributed by atoms with E-state index in [0.717, 1.165) is 25.1 Å². The van der Waals surface area contributed by atoms with Crippen LogP contribution >= 0.6 is 0 Å². The van der Waals surface area contributed by atoms with Crippen molar-refractivity contribution in [2.45, 2.75) is 65.7 Å². The van der Waals surface area contributed by atoms with Gasteiger partial charge in [0.25, 0.3) is 0 Å². The number of benzene rings is 1. The predicted octanol–water partition coefficient (Wildman–Crippen LogP) is 5.44. The van der Waals surface area contributed by atoms with Crippen LogP contribution in [0.3, 0.4) is 0 Å². The van der Waals surface area contributed by atoms with Crippen molar-refractivity contribution in [2.75, 3.05) is 24.6 Å². The number of hydrogen-bond acceptors (Lipinski definition) is 3. The molecule has 0 radical (unpaired) electrons. The van der Waals surface area contributed by atoms with Crippen LogP contribution in [0, 0.1) is 5.92 Å². The van der Waals surface area contributed by atoms with Crippen LogP contribution in [0.4, 0.5) is 5.69 Å². The fraction of sp³-hybridized carbons (Fsp3) is 0.625. The van der Waals surface area contributed by atoms with Gasteiger partial charge in [-0.15, -0.1) is 0 Å². The highest BCUT2D eigenvalue weighted by atomic mass is 16.3.